The Labute approximate surface area is 107 Å². The largest absolute Gasteiger partial charge is 0.492 e. The Kier molecular flexibility index (Phi) is 5.96. The Morgan fingerprint density at radius 3 is 2.75 bits per heavy atom. The lowest BCUT2D eigenvalue weighted by molar-refractivity contribution is 0.306. The molecule has 0 atom stereocenters. The van der Waals surface area contributed by atoms with Gasteiger partial charge in [-0.1, -0.05) is 37.0 Å². The Morgan fingerprint density at radius 2 is 2.06 bits per heavy atom. The quantitative estimate of drug-likeness (QED) is 0.788. The lowest BCUT2D eigenvalue weighted by Crippen LogP contribution is -2.24. The van der Waals surface area contributed by atoms with E-state index in [1.54, 1.807) is 18.2 Å². The summed E-state index contributed by atoms with van der Waals surface area (Å²) in [4.78, 5) is 0. The van der Waals surface area contributed by atoms with Gasteiger partial charge in [0, 0.05) is 17.1 Å². The van der Waals surface area contributed by atoms with Crippen LogP contribution in [0.25, 0.3) is 0 Å². The van der Waals surface area contributed by atoms with E-state index in [0.29, 0.717) is 28.4 Å². The number of hydrogen-bond donors (Lipinski definition) is 1. The van der Waals surface area contributed by atoms with E-state index in [-0.39, 0.29) is 0 Å². The second-order valence-corrected chi connectivity index (χ2v) is 4.73. The van der Waals surface area contributed by atoms with E-state index in [1.807, 2.05) is 0 Å². The highest BCUT2D eigenvalue weighted by atomic mass is 35.5. The van der Waals surface area contributed by atoms with Crippen LogP contribution in [0, 0.1) is 0 Å². The third kappa shape index (κ3) is 5.06. The van der Waals surface area contributed by atoms with Gasteiger partial charge in [-0.05, 0) is 25.1 Å². The van der Waals surface area contributed by atoms with Crippen LogP contribution in [-0.4, -0.2) is 19.2 Å². The van der Waals surface area contributed by atoms with Gasteiger partial charge in [0.1, 0.15) is 5.75 Å². The van der Waals surface area contributed by atoms with E-state index in [4.69, 9.17) is 27.9 Å². The van der Waals surface area contributed by atoms with Crippen LogP contribution in [-0.2, 0) is 0 Å². The number of halogens is 2. The summed E-state index contributed by atoms with van der Waals surface area (Å²) < 4.78 is 5.54. The number of hydrogen-bond acceptors (Lipinski definition) is 2. The number of nitrogens with one attached hydrogen (secondary N) is 1. The van der Waals surface area contributed by atoms with Crippen LogP contribution in [0.15, 0.2) is 18.2 Å². The van der Waals surface area contributed by atoms with Crippen molar-refractivity contribution in [2.75, 3.05) is 13.2 Å². The first kappa shape index (κ1) is 13.6. The smallest absolute Gasteiger partial charge is 0.139 e. The molecule has 1 N–H and O–H groups in total. The van der Waals surface area contributed by atoms with E-state index >= 15 is 0 Å². The second-order valence-electron chi connectivity index (χ2n) is 3.89. The van der Waals surface area contributed by atoms with E-state index in [9.17, 15) is 0 Å². The summed E-state index contributed by atoms with van der Waals surface area (Å²) in [6.07, 6.45) is 0.945. The van der Waals surface area contributed by atoms with Gasteiger partial charge in [0.05, 0.1) is 11.6 Å². The zero-order chi connectivity index (χ0) is 12.0. The fourth-order valence-electron chi connectivity index (χ4n) is 1.23. The van der Waals surface area contributed by atoms with E-state index in [2.05, 4.69) is 19.2 Å². The summed E-state index contributed by atoms with van der Waals surface area (Å²) >= 11 is 11.8. The lowest BCUT2D eigenvalue weighted by Gasteiger charge is -2.10. The molecule has 1 rings (SSSR count). The maximum absolute atomic E-state index is 5.96. The first-order valence-corrected chi connectivity index (χ1v) is 6.16. The van der Waals surface area contributed by atoms with Gasteiger partial charge in [-0.25, -0.2) is 0 Å². The molecule has 0 aliphatic carbocycles. The summed E-state index contributed by atoms with van der Waals surface area (Å²) in [6, 6.07) is 5.73. The van der Waals surface area contributed by atoms with Gasteiger partial charge in [0.25, 0.3) is 0 Å². The van der Waals surface area contributed by atoms with E-state index < -0.39 is 0 Å². The van der Waals surface area contributed by atoms with Crippen LogP contribution in [0.2, 0.25) is 10.0 Å². The van der Waals surface area contributed by atoms with Crippen molar-refractivity contribution in [2.24, 2.45) is 0 Å². The average molecular weight is 262 g/mol. The first-order valence-electron chi connectivity index (χ1n) is 5.41. The van der Waals surface area contributed by atoms with Crippen molar-refractivity contribution in [3.8, 4) is 5.75 Å². The molecular weight excluding hydrogens is 245 g/mol. The minimum atomic E-state index is 0.509. The highest BCUT2D eigenvalue weighted by Crippen LogP contribution is 2.27. The fraction of sp³-hybridized carbons (Fsp3) is 0.500. The Bertz CT molecular complexity index is 329. The molecule has 1 aromatic carbocycles. The maximum atomic E-state index is 5.96. The van der Waals surface area contributed by atoms with Gasteiger partial charge in [-0.2, -0.15) is 0 Å². The molecule has 0 unspecified atom stereocenters. The first-order chi connectivity index (χ1) is 7.59. The molecule has 0 saturated carbocycles. The molecule has 0 radical (unpaired) electrons. The van der Waals surface area contributed by atoms with Gasteiger partial charge >= 0.3 is 0 Å². The molecule has 0 aromatic heterocycles. The standard InChI is InChI=1S/C12H17Cl2NO/c1-9(2)15-6-3-7-16-12-8-10(13)4-5-11(12)14/h4-5,8-9,15H,3,6-7H2,1-2H3. The molecule has 16 heavy (non-hydrogen) atoms. The van der Waals surface area contributed by atoms with Crippen molar-refractivity contribution in [3.05, 3.63) is 28.2 Å². The van der Waals surface area contributed by atoms with Gasteiger partial charge in [-0.15, -0.1) is 0 Å². The van der Waals surface area contributed by atoms with Gasteiger partial charge < -0.3 is 10.1 Å². The summed E-state index contributed by atoms with van der Waals surface area (Å²) in [5.74, 6) is 0.652. The molecule has 0 saturated heterocycles. The zero-order valence-electron chi connectivity index (χ0n) is 9.59. The molecule has 0 heterocycles. The van der Waals surface area contributed by atoms with Gasteiger partial charge in [0.2, 0.25) is 0 Å². The predicted molar refractivity (Wildman–Crippen MR) is 69.7 cm³/mol. The van der Waals surface area contributed by atoms with Crippen LogP contribution >= 0.6 is 23.2 Å². The van der Waals surface area contributed by atoms with Crippen molar-refractivity contribution in [2.45, 2.75) is 26.3 Å². The highest BCUT2D eigenvalue weighted by molar-refractivity contribution is 6.34. The number of benzene rings is 1. The average Bonchev–Trinajstić information content (AvgIpc) is 2.22. The summed E-state index contributed by atoms with van der Waals surface area (Å²) in [5, 5.41) is 4.56. The topological polar surface area (TPSA) is 21.3 Å². The second kappa shape index (κ2) is 7.00. The molecule has 1 aromatic rings. The molecular formula is C12H17Cl2NO. The van der Waals surface area contributed by atoms with Crippen LogP contribution < -0.4 is 10.1 Å². The predicted octanol–water partition coefficient (Wildman–Crippen LogP) is 3.76. The molecule has 0 bridgehead atoms. The molecule has 4 heteroatoms. The van der Waals surface area contributed by atoms with E-state index in [0.717, 1.165) is 13.0 Å². The molecule has 0 aliphatic rings. The summed E-state index contributed by atoms with van der Waals surface area (Å²) in [5.41, 5.74) is 0. The molecule has 0 fully saturated rings. The minimum absolute atomic E-state index is 0.509. The van der Waals surface area contributed by atoms with Crippen LogP contribution in [0.4, 0.5) is 0 Å². The molecule has 0 spiro atoms. The van der Waals surface area contributed by atoms with Crippen molar-refractivity contribution in [1.29, 1.82) is 0 Å². The number of ether oxygens (including phenoxy) is 1. The Balaban J connectivity index is 2.29. The maximum Gasteiger partial charge on any atom is 0.139 e. The molecule has 90 valence electrons. The Morgan fingerprint density at radius 1 is 1.31 bits per heavy atom. The van der Waals surface area contributed by atoms with Crippen LogP contribution in [0.1, 0.15) is 20.3 Å². The lowest BCUT2D eigenvalue weighted by atomic mass is 10.3. The minimum Gasteiger partial charge on any atom is -0.492 e. The highest BCUT2D eigenvalue weighted by Gasteiger charge is 2.02. The zero-order valence-corrected chi connectivity index (χ0v) is 11.1. The fourth-order valence-corrected chi connectivity index (χ4v) is 1.57. The van der Waals surface area contributed by atoms with Gasteiger partial charge in [-0.3, -0.25) is 0 Å². The Hall–Kier alpha value is -0.440. The SMILES string of the molecule is CC(C)NCCCOc1cc(Cl)ccc1Cl. The third-order valence-electron chi connectivity index (χ3n) is 2.02. The monoisotopic (exact) mass is 261 g/mol. The van der Waals surface area contributed by atoms with Crippen LogP contribution in [0.5, 0.6) is 5.75 Å². The van der Waals surface area contributed by atoms with Crippen molar-refractivity contribution < 1.29 is 4.74 Å². The van der Waals surface area contributed by atoms with Crippen LogP contribution in [0.3, 0.4) is 0 Å². The molecule has 0 amide bonds. The van der Waals surface area contributed by atoms with Crippen molar-refractivity contribution in [1.82, 2.24) is 5.32 Å². The van der Waals surface area contributed by atoms with Crippen molar-refractivity contribution in [3.63, 3.8) is 0 Å². The molecule has 0 aliphatic heterocycles. The third-order valence-corrected chi connectivity index (χ3v) is 2.57. The summed E-state index contributed by atoms with van der Waals surface area (Å²) in [7, 11) is 0. The number of rotatable bonds is 6. The molecule has 2 nitrogen and oxygen atoms in total. The van der Waals surface area contributed by atoms with E-state index in [1.165, 1.54) is 0 Å². The van der Waals surface area contributed by atoms with Gasteiger partial charge in [0.15, 0.2) is 0 Å². The normalized spacial score (nSPS) is 10.8. The summed E-state index contributed by atoms with van der Waals surface area (Å²) in [6.45, 7) is 5.82. The van der Waals surface area contributed by atoms with Crippen molar-refractivity contribution >= 4 is 23.2 Å².